The second-order valence-electron chi connectivity index (χ2n) is 4.87. The molecule has 0 aliphatic heterocycles. The smallest absolute Gasteiger partial charge is 0.240 e. The number of aryl methyl sites for hydroxylation is 1. The van der Waals surface area contributed by atoms with Gasteiger partial charge in [-0.25, -0.2) is 5.43 Å². The van der Waals surface area contributed by atoms with E-state index >= 15 is 0 Å². The molecule has 0 aliphatic carbocycles. The van der Waals surface area contributed by atoms with Crippen molar-refractivity contribution in [3.63, 3.8) is 0 Å². The standard InChI is InChI=1S/C16H24N2O/c1-3-4-5-6-7-8-16(19)18-17-13-15-11-9-14(2)10-12-15/h9-13H,3-8H2,1-2H3,(H,18,19)/b17-13-. The summed E-state index contributed by atoms with van der Waals surface area (Å²) in [6.07, 6.45) is 8.02. The topological polar surface area (TPSA) is 41.5 Å². The van der Waals surface area contributed by atoms with Crippen molar-refractivity contribution in [1.29, 1.82) is 0 Å². The summed E-state index contributed by atoms with van der Waals surface area (Å²) in [5, 5.41) is 3.96. The van der Waals surface area contributed by atoms with Gasteiger partial charge >= 0.3 is 0 Å². The summed E-state index contributed by atoms with van der Waals surface area (Å²) in [6.45, 7) is 4.23. The lowest BCUT2D eigenvalue weighted by molar-refractivity contribution is -0.121. The zero-order valence-electron chi connectivity index (χ0n) is 12.0. The number of nitrogens with one attached hydrogen (secondary N) is 1. The van der Waals surface area contributed by atoms with Crippen LogP contribution < -0.4 is 5.43 Å². The van der Waals surface area contributed by atoms with Gasteiger partial charge in [-0.2, -0.15) is 5.10 Å². The lowest BCUT2D eigenvalue weighted by Gasteiger charge is -2.00. The highest BCUT2D eigenvalue weighted by Crippen LogP contribution is 2.04. The van der Waals surface area contributed by atoms with E-state index in [-0.39, 0.29) is 5.91 Å². The third-order valence-electron chi connectivity index (χ3n) is 2.99. The van der Waals surface area contributed by atoms with E-state index in [0.29, 0.717) is 6.42 Å². The molecule has 0 bridgehead atoms. The number of hydrazone groups is 1. The molecular weight excluding hydrogens is 236 g/mol. The van der Waals surface area contributed by atoms with Crippen LogP contribution in [0.25, 0.3) is 0 Å². The van der Waals surface area contributed by atoms with Gasteiger partial charge in [-0.3, -0.25) is 4.79 Å². The maximum absolute atomic E-state index is 11.5. The molecule has 3 nitrogen and oxygen atoms in total. The molecule has 0 radical (unpaired) electrons. The highest BCUT2D eigenvalue weighted by atomic mass is 16.2. The number of carbonyl (C=O) groups is 1. The molecule has 0 aliphatic rings. The number of hydrogen-bond donors (Lipinski definition) is 1. The highest BCUT2D eigenvalue weighted by Gasteiger charge is 1.98. The van der Waals surface area contributed by atoms with Crippen molar-refractivity contribution in [1.82, 2.24) is 5.43 Å². The van der Waals surface area contributed by atoms with Crippen LogP contribution in [0.2, 0.25) is 0 Å². The van der Waals surface area contributed by atoms with Gasteiger partial charge in [-0.05, 0) is 18.9 Å². The molecule has 0 aromatic heterocycles. The lowest BCUT2D eigenvalue weighted by Crippen LogP contribution is -2.16. The van der Waals surface area contributed by atoms with E-state index < -0.39 is 0 Å². The molecule has 0 saturated carbocycles. The number of carbonyl (C=O) groups excluding carboxylic acids is 1. The van der Waals surface area contributed by atoms with Crippen LogP contribution in [-0.4, -0.2) is 12.1 Å². The van der Waals surface area contributed by atoms with E-state index in [1.165, 1.54) is 24.8 Å². The minimum absolute atomic E-state index is 0.000129. The average molecular weight is 260 g/mol. The molecule has 0 heterocycles. The summed E-state index contributed by atoms with van der Waals surface area (Å²) < 4.78 is 0. The first-order valence-corrected chi connectivity index (χ1v) is 7.11. The van der Waals surface area contributed by atoms with E-state index in [2.05, 4.69) is 17.5 Å². The summed E-state index contributed by atoms with van der Waals surface area (Å²) in [6, 6.07) is 8.01. The number of hydrogen-bond acceptors (Lipinski definition) is 2. The molecule has 104 valence electrons. The molecular formula is C16H24N2O. The first-order valence-electron chi connectivity index (χ1n) is 7.11. The monoisotopic (exact) mass is 260 g/mol. The first kappa shape index (κ1) is 15.4. The Balaban J connectivity index is 2.17. The predicted molar refractivity (Wildman–Crippen MR) is 80.3 cm³/mol. The van der Waals surface area contributed by atoms with Crippen LogP contribution in [0.5, 0.6) is 0 Å². The second kappa shape index (κ2) is 9.31. The van der Waals surface area contributed by atoms with Crippen molar-refractivity contribution in [2.75, 3.05) is 0 Å². The number of nitrogens with zero attached hydrogens (tertiary/aromatic N) is 1. The SMILES string of the molecule is CCCCCCCC(=O)N/N=C\c1ccc(C)cc1. The van der Waals surface area contributed by atoms with E-state index in [4.69, 9.17) is 0 Å². The Kier molecular flexibility index (Phi) is 7.56. The van der Waals surface area contributed by atoms with Crippen molar-refractivity contribution in [3.05, 3.63) is 35.4 Å². The molecule has 0 fully saturated rings. The summed E-state index contributed by atoms with van der Waals surface area (Å²) >= 11 is 0. The van der Waals surface area contributed by atoms with Crippen LogP contribution in [0, 0.1) is 6.92 Å². The lowest BCUT2D eigenvalue weighted by atomic mass is 10.1. The van der Waals surface area contributed by atoms with E-state index in [1.807, 2.05) is 31.2 Å². The van der Waals surface area contributed by atoms with Crippen LogP contribution in [0.1, 0.15) is 56.6 Å². The van der Waals surface area contributed by atoms with Gasteiger partial charge in [0, 0.05) is 6.42 Å². The normalized spacial score (nSPS) is 10.8. The summed E-state index contributed by atoms with van der Waals surface area (Å²) in [7, 11) is 0. The highest BCUT2D eigenvalue weighted by molar-refractivity contribution is 5.82. The molecule has 3 heteroatoms. The van der Waals surface area contributed by atoms with E-state index in [9.17, 15) is 4.79 Å². The van der Waals surface area contributed by atoms with Crippen molar-refractivity contribution in [3.8, 4) is 0 Å². The minimum atomic E-state index is -0.000129. The third kappa shape index (κ3) is 7.39. The van der Waals surface area contributed by atoms with Gasteiger partial charge in [-0.1, -0.05) is 62.4 Å². The van der Waals surface area contributed by atoms with Gasteiger partial charge in [0.05, 0.1) is 6.21 Å². The van der Waals surface area contributed by atoms with Gasteiger partial charge in [0.2, 0.25) is 5.91 Å². The first-order chi connectivity index (χ1) is 9.22. The van der Waals surface area contributed by atoms with Gasteiger partial charge in [0.1, 0.15) is 0 Å². The molecule has 0 atom stereocenters. The van der Waals surface area contributed by atoms with Crippen LogP contribution in [0.3, 0.4) is 0 Å². The number of unbranched alkanes of at least 4 members (excludes halogenated alkanes) is 4. The fraction of sp³-hybridized carbons (Fsp3) is 0.500. The fourth-order valence-corrected chi connectivity index (χ4v) is 1.78. The van der Waals surface area contributed by atoms with Crippen molar-refractivity contribution in [2.45, 2.75) is 52.4 Å². The summed E-state index contributed by atoms with van der Waals surface area (Å²) in [4.78, 5) is 11.5. The number of rotatable bonds is 8. The molecule has 1 N–H and O–H groups in total. The minimum Gasteiger partial charge on any atom is -0.273 e. The molecule has 0 saturated heterocycles. The van der Waals surface area contributed by atoms with Gasteiger partial charge in [0.25, 0.3) is 0 Å². The third-order valence-corrected chi connectivity index (χ3v) is 2.99. The molecule has 1 aromatic carbocycles. The Morgan fingerprint density at radius 2 is 1.84 bits per heavy atom. The zero-order valence-corrected chi connectivity index (χ0v) is 12.0. The Hall–Kier alpha value is -1.64. The molecule has 0 unspecified atom stereocenters. The largest absolute Gasteiger partial charge is 0.273 e. The van der Waals surface area contributed by atoms with Gasteiger partial charge in [-0.15, -0.1) is 0 Å². The van der Waals surface area contributed by atoms with Gasteiger partial charge < -0.3 is 0 Å². The fourth-order valence-electron chi connectivity index (χ4n) is 1.78. The van der Waals surface area contributed by atoms with Crippen LogP contribution in [-0.2, 0) is 4.79 Å². The molecule has 0 spiro atoms. The Labute approximate surface area is 116 Å². The summed E-state index contributed by atoms with van der Waals surface area (Å²) in [5.41, 5.74) is 4.78. The molecule has 1 amide bonds. The van der Waals surface area contributed by atoms with Crippen molar-refractivity contribution < 1.29 is 4.79 Å². The molecule has 19 heavy (non-hydrogen) atoms. The molecule has 1 aromatic rings. The maximum Gasteiger partial charge on any atom is 0.240 e. The van der Waals surface area contributed by atoms with E-state index in [0.717, 1.165) is 18.4 Å². The molecule has 1 rings (SSSR count). The van der Waals surface area contributed by atoms with E-state index in [1.54, 1.807) is 6.21 Å². The Morgan fingerprint density at radius 3 is 2.53 bits per heavy atom. The van der Waals surface area contributed by atoms with Crippen LogP contribution in [0.4, 0.5) is 0 Å². The summed E-state index contributed by atoms with van der Waals surface area (Å²) in [5.74, 6) is -0.000129. The van der Waals surface area contributed by atoms with Crippen molar-refractivity contribution >= 4 is 12.1 Å². The average Bonchev–Trinajstić information content (AvgIpc) is 2.41. The van der Waals surface area contributed by atoms with Crippen LogP contribution >= 0.6 is 0 Å². The Bertz CT molecular complexity index is 396. The predicted octanol–water partition coefficient (Wildman–Crippen LogP) is 3.81. The number of amides is 1. The van der Waals surface area contributed by atoms with Crippen LogP contribution in [0.15, 0.2) is 29.4 Å². The second-order valence-corrected chi connectivity index (χ2v) is 4.87. The number of benzene rings is 1. The quantitative estimate of drug-likeness (QED) is 0.431. The van der Waals surface area contributed by atoms with Crippen molar-refractivity contribution in [2.24, 2.45) is 5.10 Å². The van der Waals surface area contributed by atoms with Gasteiger partial charge in [0.15, 0.2) is 0 Å². The maximum atomic E-state index is 11.5. The zero-order chi connectivity index (χ0) is 13.9. The Morgan fingerprint density at radius 1 is 1.16 bits per heavy atom.